The molecule has 0 saturated heterocycles. The first kappa shape index (κ1) is 16.7. The Hall–Kier alpha value is -1.73. The molecule has 0 spiro atoms. The first-order chi connectivity index (χ1) is 12.1. The third-order valence-electron chi connectivity index (χ3n) is 5.25. The lowest BCUT2D eigenvalue weighted by atomic mass is 10.2. The third kappa shape index (κ3) is 3.35. The minimum absolute atomic E-state index is 0.0524. The Morgan fingerprint density at radius 3 is 2.64 bits per heavy atom. The van der Waals surface area contributed by atoms with Crippen LogP contribution >= 0.6 is 0 Å². The number of aromatic nitrogens is 3. The van der Waals surface area contributed by atoms with Gasteiger partial charge < -0.3 is 0 Å². The molecule has 0 aromatic carbocycles. The molecule has 0 radical (unpaired) electrons. The van der Waals surface area contributed by atoms with Crippen molar-refractivity contribution in [2.24, 2.45) is 7.05 Å². The van der Waals surface area contributed by atoms with Crippen molar-refractivity contribution in [1.82, 2.24) is 19.1 Å². The molecule has 0 aliphatic heterocycles. The first-order valence-electron chi connectivity index (χ1n) is 9.00. The number of aryl methyl sites for hydroxylation is 1. The van der Waals surface area contributed by atoms with Gasteiger partial charge in [0, 0.05) is 37.1 Å². The van der Waals surface area contributed by atoms with Crippen LogP contribution in [-0.4, -0.2) is 33.5 Å². The van der Waals surface area contributed by atoms with Crippen molar-refractivity contribution in [1.29, 1.82) is 0 Å². The number of hydrogen-bond acceptors (Lipinski definition) is 4. The molecule has 134 valence electrons. The van der Waals surface area contributed by atoms with Crippen molar-refractivity contribution in [2.75, 3.05) is 0 Å². The van der Waals surface area contributed by atoms with Crippen molar-refractivity contribution in [2.45, 2.75) is 61.9 Å². The van der Waals surface area contributed by atoms with Gasteiger partial charge in [-0.05, 0) is 43.9 Å². The molecule has 2 fully saturated rings. The lowest BCUT2D eigenvalue weighted by Gasteiger charge is -2.27. The summed E-state index contributed by atoms with van der Waals surface area (Å²) in [6, 6.07) is 5.43. The standard InChI is InChI=1S/C18H24N4O2S/c1-21-18(14-8-9-14)11-15(20-21)13-22(16-5-2-3-6-16)25(23,24)17-7-4-10-19-12-17/h4,7,10-12,14,16H,2-3,5-6,8-9,13H2,1H3. The number of pyridine rings is 1. The van der Waals surface area contributed by atoms with Crippen LogP contribution in [0.15, 0.2) is 35.5 Å². The fourth-order valence-corrected chi connectivity index (χ4v) is 5.40. The molecule has 2 aliphatic rings. The maximum Gasteiger partial charge on any atom is 0.245 e. The van der Waals surface area contributed by atoms with E-state index in [1.807, 2.05) is 11.7 Å². The summed E-state index contributed by atoms with van der Waals surface area (Å²) in [6.45, 7) is 0.336. The van der Waals surface area contributed by atoms with Crippen molar-refractivity contribution in [3.63, 3.8) is 0 Å². The second-order valence-electron chi connectivity index (χ2n) is 7.14. The van der Waals surface area contributed by atoms with Crippen LogP contribution in [0.3, 0.4) is 0 Å². The van der Waals surface area contributed by atoms with E-state index in [1.165, 1.54) is 24.7 Å². The highest BCUT2D eigenvalue weighted by Gasteiger charge is 2.35. The van der Waals surface area contributed by atoms with Crippen molar-refractivity contribution in [3.05, 3.63) is 42.0 Å². The van der Waals surface area contributed by atoms with Crippen LogP contribution in [0.5, 0.6) is 0 Å². The SMILES string of the molecule is Cn1nc(CN(C2CCCC2)S(=O)(=O)c2cccnc2)cc1C1CC1. The van der Waals surface area contributed by atoms with Crippen LogP contribution in [0, 0.1) is 0 Å². The molecule has 2 heterocycles. The van der Waals surface area contributed by atoms with Gasteiger partial charge in [0.25, 0.3) is 0 Å². The predicted molar refractivity (Wildman–Crippen MR) is 94.4 cm³/mol. The Bertz CT molecular complexity index is 837. The summed E-state index contributed by atoms with van der Waals surface area (Å²) in [6.07, 6.45) is 9.45. The van der Waals surface area contributed by atoms with E-state index in [2.05, 4.69) is 16.1 Å². The smallest absolute Gasteiger partial charge is 0.245 e. The molecule has 0 amide bonds. The zero-order valence-corrected chi connectivity index (χ0v) is 15.3. The maximum atomic E-state index is 13.2. The fraction of sp³-hybridized carbons (Fsp3) is 0.556. The van der Waals surface area contributed by atoms with Gasteiger partial charge in [-0.1, -0.05) is 12.8 Å². The van der Waals surface area contributed by atoms with Crippen LogP contribution in [-0.2, 0) is 23.6 Å². The fourth-order valence-electron chi connectivity index (χ4n) is 3.78. The average molecular weight is 360 g/mol. The zero-order valence-electron chi connectivity index (χ0n) is 14.5. The van der Waals surface area contributed by atoms with E-state index in [1.54, 1.807) is 22.6 Å². The molecular weight excluding hydrogens is 336 g/mol. The van der Waals surface area contributed by atoms with E-state index in [0.717, 1.165) is 31.4 Å². The van der Waals surface area contributed by atoms with E-state index in [-0.39, 0.29) is 10.9 Å². The molecular formula is C18H24N4O2S. The van der Waals surface area contributed by atoms with E-state index in [0.29, 0.717) is 12.5 Å². The lowest BCUT2D eigenvalue weighted by molar-refractivity contribution is 0.312. The van der Waals surface area contributed by atoms with Gasteiger partial charge in [0.15, 0.2) is 0 Å². The molecule has 0 N–H and O–H groups in total. The highest BCUT2D eigenvalue weighted by atomic mass is 32.2. The highest BCUT2D eigenvalue weighted by molar-refractivity contribution is 7.89. The monoisotopic (exact) mass is 360 g/mol. The lowest BCUT2D eigenvalue weighted by Crippen LogP contribution is -2.38. The number of nitrogens with zero attached hydrogens (tertiary/aromatic N) is 4. The van der Waals surface area contributed by atoms with Crippen LogP contribution < -0.4 is 0 Å². The van der Waals surface area contributed by atoms with E-state index < -0.39 is 10.0 Å². The van der Waals surface area contributed by atoms with Gasteiger partial charge >= 0.3 is 0 Å². The minimum Gasteiger partial charge on any atom is -0.272 e. The van der Waals surface area contributed by atoms with Crippen LogP contribution in [0.2, 0.25) is 0 Å². The topological polar surface area (TPSA) is 68.1 Å². The molecule has 25 heavy (non-hydrogen) atoms. The summed E-state index contributed by atoms with van der Waals surface area (Å²) >= 11 is 0. The molecule has 0 unspecified atom stereocenters. The molecule has 0 atom stereocenters. The largest absolute Gasteiger partial charge is 0.272 e. The molecule has 2 aliphatic carbocycles. The molecule has 2 saturated carbocycles. The molecule has 6 nitrogen and oxygen atoms in total. The van der Waals surface area contributed by atoms with Crippen molar-refractivity contribution >= 4 is 10.0 Å². The van der Waals surface area contributed by atoms with Gasteiger partial charge in [-0.25, -0.2) is 8.42 Å². The Morgan fingerprint density at radius 1 is 1.24 bits per heavy atom. The van der Waals surface area contributed by atoms with Gasteiger partial charge in [-0.2, -0.15) is 9.40 Å². The number of hydrogen-bond donors (Lipinski definition) is 0. The normalized spacial score (nSPS) is 19.0. The first-order valence-corrected chi connectivity index (χ1v) is 10.4. The van der Waals surface area contributed by atoms with Gasteiger partial charge in [-0.3, -0.25) is 9.67 Å². The summed E-state index contributed by atoms with van der Waals surface area (Å²) in [5.41, 5.74) is 2.06. The van der Waals surface area contributed by atoms with Crippen LogP contribution in [0.1, 0.15) is 55.8 Å². The van der Waals surface area contributed by atoms with Crippen LogP contribution in [0.25, 0.3) is 0 Å². The Balaban J connectivity index is 1.65. The van der Waals surface area contributed by atoms with E-state index in [4.69, 9.17) is 0 Å². The van der Waals surface area contributed by atoms with Crippen molar-refractivity contribution in [3.8, 4) is 0 Å². The molecule has 2 aromatic rings. The molecule has 2 aromatic heterocycles. The van der Waals surface area contributed by atoms with Gasteiger partial charge in [0.2, 0.25) is 10.0 Å². The Labute approximate surface area is 148 Å². The summed E-state index contributed by atoms with van der Waals surface area (Å²) in [4.78, 5) is 4.26. The van der Waals surface area contributed by atoms with Crippen LogP contribution in [0.4, 0.5) is 0 Å². The number of rotatable bonds is 6. The maximum absolute atomic E-state index is 13.2. The summed E-state index contributed by atoms with van der Waals surface area (Å²) in [7, 11) is -1.62. The Kier molecular flexibility index (Phi) is 4.37. The summed E-state index contributed by atoms with van der Waals surface area (Å²) in [5.74, 6) is 0.598. The minimum atomic E-state index is -3.57. The average Bonchev–Trinajstić information content (AvgIpc) is 3.17. The second kappa shape index (κ2) is 6.53. The summed E-state index contributed by atoms with van der Waals surface area (Å²) in [5, 5.41) is 4.59. The highest BCUT2D eigenvalue weighted by Crippen LogP contribution is 2.40. The zero-order chi connectivity index (χ0) is 17.4. The van der Waals surface area contributed by atoms with E-state index >= 15 is 0 Å². The molecule has 4 rings (SSSR count). The molecule has 0 bridgehead atoms. The van der Waals surface area contributed by atoms with Gasteiger partial charge in [0.05, 0.1) is 12.2 Å². The predicted octanol–water partition coefficient (Wildman–Crippen LogP) is 2.83. The Morgan fingerprint density at radius 2 is 2.00 bits per heavy atom. The third-order valence-corrected chi connectivity index (χ3v) is 7.13. The molecule has 7 heteroatoms. The number of sulfonamides is 1. The van der Waals surface area contributed by atoms with Gasteiger partial charge in [-0.15, -0.1) is 0 Å². The summed E-state index contributed by atoms with van der Waals surface area (Å²) < 4.78 is 30.0. The van der Waals surface area contributed by atoms with Gasteiger partial charge in [0.1, 0.15) is 4.90 Å². The van der Waals surface area contributed by atoms with Crippen molar-refractivity contribution < 1.29 is 8.42 Å². The second-order valence-corrected chi connectivity index (χ2v) is 9.03. The van der Waals surface area contributed by atoms with E-state index in [9.17, 15) is 8.42 Å². The quantitative estimate of drug-likeness (QED) is 0.794.